The normalized spacial score (nSPS) is 11.3. The van der Waals surface area contributed by atoms with E-state index in [2.05, 4.69) is 25.8 Å². The van der Waals surface area contributed by atoms with Crippen LogP contribution in [-0.2, 0) is 13.0 Å². The Hall–Kier alpha value is -2.57. The van der Waals surface area contributed by atoms with E-state index >= 15 is 0 Å². The number of ether oxygens (including phenoxy) is 1. The number of rotatable bonds is 7. The second kappa shape index (κ2) is 8.77. The van der Waals surface area contributed by atoms with Gasteiger partial charge in [0.2, 0.25) is 5.89 Å². The number of guanidine groups is 1. The van der Waals surface area contributed by atoms with Gasteiger partial charge in [-0.25, -0.2) is 4.99 Å². The van der Waals surface area contributed by atoms with E-state index in [4.69, 9.17) is 9.26 Å². The third-order valence-electron chi connectivity index (χ3n) is 3.15. The quantitative estimate of drug-likeness (QED) is 0.597. The number of hydrogen-bond donors (Lipinski definition) is 2. The lowest BCUT2D eigenvalue weighted by atomic mass is 10.2. The predicted octanol–water partition coefficient (Wildman–Crippen LogP) is 1.68. The summed E-state index contributed by atoms with van der Waals surface area (Å²) in [6, 6.07) is 7.86. The molecule has 124 valence electrons. The Labute approximate surface area is 136 Å². The fourth-order valence-electron chi connectivity index (χ4n) is 2.07. The first kappa shape index (κ1) is 16.8. The molecule has 7 nitrogen and oxygen atoms in total. The standard InChI is InChI=1S/C16H23N5O2/c1-4-17-16(18-10-9-15-20-12(2)21-23-15)19-11-13-7-5-6-8-14(13)22-3/h5-8H,4,9-11H2,1-3H3,(H2,17,18,19). The van der Waals surface area contributed by atoms with Gasteiger partial charge in [-0.15, -0.1) is 0 Å². The van der Waals surface area contributed by atoms with Gasteiger partial charge in [-0.1, -0.05) is 23.4 Å². The van der Waals surface area contributed by atoms with Crippen molar-refractivity contribution in [3.63, 3.8) is 0 Å². The van der Waals surface area contributed by atoms with Crippen molar-refractivity contribution in [2.45, 2.75) is 26.8 Å². The molecule has 0 atom stereocenters. The number of aryl methyl sites for hydroxylation is 1. The summed E-state index contributed by atoms with van der Waals surface area (Å²) in [4.78, 5) is 8.75. The van der Waals surface area contributed by atoms with Crippen LogP contribution in [0.1, 0.15) is 24.2 Å². The Balaban J connectivity index is 1.91. The summed E-state index contributed by atoms with van der Waals surface area (Å²) in [5.74, 6) is 2.86. The van der Waals surface area contributed by atoms with Gasteiger partial charge >= 0.3 is 0 Å². The molecule has 7 heteroatoms. The lowest BCUT2D eigenvalue weighted by Gasteiger charge is -2.11. The van der Waals surface area contributed by atoms with E-state index in [0.717, 1.165) is 23.8 Å². The largest absolute Gasteiger partial charge is 0.496 e. The molecule has 0 saturated carbocycles. The molecule has 23 heavy (non-hydrogen) atoms. The van der Waals surface area contributed by atoms with Crippen molar-refractivity contribution in [1.29, 1.82) is 0 Å². The summed E-state index contributed by atoms with van der Waals surface area (Å²) in [7, 11) is 1.67. The number of nitrogens with zero attached hydrogens (tertiary/aromatic N) is 3. The number of hydrogen-bond acceptors (Lipinski definition) is 5. The predicted molar refractivity (Wildman–Crippen MR) is 88.6 cm³/mol. The van der Waals surface area contributed by atoms with E-state index in [1.54, 1.807) is 14.0 Å². The second-order valence-corrected chi connectivity index (χ2v) is 4.92. The molecule has 0 aliphatic carbocycles. The molecule has 0 saturated heterocycles. The zero-order valence-corrected chi connectivity index (χ0v) is 13.8. The van der Waals surface area contributed by atoms with Crippen LogP contribution in [0.2, 0.25) is 0 Å². The van der Waals surface area contributed by atoms with Crippen molar-refractivity contribution < 1.29 is 9.26 Å². The molecule has 0 aliphatic rings. The lowest BCUT2D eigenvalue weighted by molar-refractivity contribution is 0.374. The minimum absolute atomic E-state index is 0.541. The Morgan fingerprint density at radius 3 is 2.83 bits per heavy atom. The molecule has 0 radical (unpaired) electrons. The summed E-state index contributed by atoms with van der Waals surface area (Å²) in [6.45, 7) is 5.83. The minimum atomic E-state index is 0.541. The SMILES string of the molecule is CCNC(=NCc1ccccc1OC)NCCc1nc(C)no1. The van der Waals surface area contributed by atoms with Gasteiger partial charge in [-0.3, -0.25) is 0 Å². The number of nitrogens with one attached hydrogen (secondary N) is 2. The van der Waals surface area contributed by atoms with E-state index in [1.807, 2.05) is 31.2 Å². The summed E-state index contributed by atoms with van der Waals surface area (Å²) < 4.78 is 10.4. The zero-order chi connectivity index (χ0) is 16.5. The molecular weight excluding hydrogens is 294 g/mol. The van der Waals surface area contributed by atoms with Gasteiger partial charge in [-0.2, -0.15) is 4.98 Å². The van der Waals surface area contributed by atoms with Gasteiger partial charge in [0.1, 0.15) is 5.75 Å². The Bertz CT molecular complexity index is 639. The number of aromatic nitrogens is 2. The molecule has 0 fully saturated rings. The van der Waals surface area contributed by atoms with E-state index in [0.29, 0.717) is 31.2 Å². The van der Waals surface area contributed by atoms with Crippen LogP contribution in [0.3, 0.4) is 0 Å². The van der Waals surface area contributed by atoms with Crippen molar-refractivity contribution >= 4 is 5.96 Å². The van der Waals surface area contributed by atoms with Crippen LogP contribution in [-0.4, -0.2) is 36.3 Å². The van der Waals surface area contributed by atoms with Gasteiger partial charge in [0.25, 0.3) is 0 Å². The Kier molecular flexibility index (Phi) is 6.40. The number of methoxy groups -OCH3 is 1. The summed E-state index contributed by atoms with van der Waals surface area (Å²) in [6.07, 6.45) is 0.653. The van der Waals surface area contributed by atoms with Crippen molar-refractivity contribution in [3.8, 4) is 5.75 Å². The van der Waals surface area contributed by atoms with E-state index in [-0.39, 0.29) is 0 Å². The molecular formula is C16H23N5O2. The molecule has 0 amide bonds. The van der Waals surface area contributed by atoms with Crippen molar-refractivity contribution in [1.82, 2.24) is 20.8 Å². The molecule has 0 bridgehead atoms. The maximum Gasteiger partial charge on any atom is 0.228 e. The van der Waals surface area contributed by atoms with Gasteiger partial charge in [0.05, 0.1) is 13.7 Å². The molecule has 0 unspecified atom stereocenters. The van der Waals surface area contributed by atoms with Crippen LogP contribution in [0.25, 0.3) is 0 Å². The number of aliphatic imine (C=N–C) groups is 1. The Morgan fingerprint density at radius 2 is 2.13 bits per heavy atom. The van der Waals surface area contributed by atoms with Crippen molar-refractivity contribution in [3.05, 3.63) is 41.5 Å². The Morgan fingerprint density at radius 1 is 1.30 bits per heavy atom. The summed E-state index contributed by atoms with van der Waals surface area (Å²) >= 11 is 0. The second-order valence-electron chi connectivity index (χ2n) is 4.92. The minimum Gasteiger partial charge on any atom is -0.496 e. The van der Waals surface area contributed by atoms with E-state index in [1.165, 1.54) is 0 Å². The molecule has 0 aliphatic heterocycles. The molecule has 0 spiro atoms. The average molecular weight is 317 g/mol. The lowest BCUT2D eigenvalue weighted by Crippen LogP contribution is -2.38. The third kappa shape index (κ3) is 5.28. The first-order valence-corrected chi connectivity index (χ1v) is 7.66. The molecule has 2 aromatic rings. The van der Waals surface area contributed by atoms with Gasteiger partial charge in [-0.05, 0) is 19.9 Å². The van der Waals surface area contributed by atoms with Crippen LogP contribution in [0.15, 0.2) is 33.8 Å². The van der Waals surface area contributed by atoms with Crippen molar-refractivity contribution in [2.75, 3.05) is 20.2 Å². The van der Waals surface area contributed by atoms with Crippen LogP contribution >= 0.6 is 0 Å². The first-order valence-electron chi connectivity index (χ1n) is 7.66. The number of para-hydroxylation sites is 1. The molecule has 2 N–H and O–H groups in total. The molecule has 1 heterocycles. The average Bonchev–Trinajstić information content (AvgIpc) is 2.98. The molecule has 2 rings (SSSR count). The monoisotopic (exact) mass is 317 g/mol. The highest BCUT2D eigenvalue weighted by Gasteiger charge is 2.04. The smallest absolute Gasteiger partial charge is 0.228 e. The zero-order valence-electron chi connectivity index (χ0n) is 13.8. The highest BCUT2D eigenvalue weighted by atomic mass is 16.5. The molecule has 1 aromatic carbocycles. The van der Waals surface area contributed by atoms with Crippen molar-refractivity contribution in [2.24, 2.45) is 4.99 Å². The molecule has 1 aromatic heterocycles. The van der Waals surface area contributed by atoms with E-state index < -0.39 is 0 Å². The van der Waals surface area contributed by atoms with Crippen LogP contribution in [0.5, 0.6) is 5.75 Å². The van der Waals surface area contributed by atoms with Gasteiger partial charge < -0.3 is 19.9 Å². The van der Waals surface area contributed by atoms with Gasteiger partial charge in [0, 0.05) is 25.1 Å². The van der Waals surface area contributed by atoms with Crippen LogP contribution < -0.4 is 15.4 Å². The summed E-state index contributed by atoms with van der Waals surface area (Å²) in [5, 5.41) is 10.2. The fraction of sp³-hybridized carbons (Fsp3) is 0.438. The van der Waals surface area contributed by atoms with E-state index in [9.17, 15) is 0 Å². The van der Waals surface area contributed by atoms with Gasteiger partial charge in [0.15, 0.2) is 11.8 Å². The van der Waals surface area contributed by atoms with Crippen LogP contribution in [0, 0.1) is 6.92 Å². The van der Waals surface area contributed by atoms with Crippen LogP contribution in [0.4, 0.5) is 0 Å². The first-order chi connectivity index (χ1) is 11.2. The highest BCUT2D eigenvalue weighted by Crippen LogP contribution is 2.17. The maximum absolute atomic E-state index is 5.34. The third-order valence-corrected chi connectivity index (χ3v) is 3.15. The summed E-state index contributed by atoms with van der Waals surface area (Å²) in [5.41, 5.74) is 1.04. The fourth-order valence-corrected chi connectivity index (χ4v) is 2.07. The topological polar surface area (TPSA) is 84.6 Å². The number of benzene rings is 1. The highest BCUT2D eigenvalue weighted by molar-refractivity contribution is 5.79. The maximum atomic E-state index is 5.34.